The fourth-order valence-electron chi connectivity index (χ4n) is 3.52. The molecule has 1 aromatic heterocycles. The second-order valence-electron chi connectivity index (χ2n) is 6.58. The number of fused-ring (bicyclic) bond motifs is 1. The van der Waals surface area contributed by atoms with Crippen molar-refractivity contribution in [3.63, 3.8) is 0 Å². The molecule has 3 aromatic rings. The molecule has 0 unspecified atom stereocenters. The summed E-state index contributed by atoms with van der Waals surface area (Å²) in [7, 11) is 1.67. The summed E-state index contributed by atoms with van der Waals surface area (Å²) in [5.74, 6) is 1.71. The number of nitrogens with one attached hydrogen (secondary N) is 2. The van der Waals surface area contributed by atoms with Crippen molar-refractivity contribution in [2.24, 2.45) is 0 Å². The van der Waals surface area contributed by atoms with E-state index in [9.17, 15) is 0 Å². The number of ether oxygens (including phenoxy) is 1. The van der Waals surface area contributed by atoms with E-state index in [1.54, 1.807) is 7.11 Å². The van der Waals surface area contributed by atoms with Crippen molar-refractivity contribution in [2.45, 2.75) is 18.9 Å². The van der Waals surface area contributed by atoms with Crippen molar-refractivity contribution in [1.29, 1.82) is 0 Å². The van der Waals surface area contributed by atoms with Crippen LogP contribution in [0.1, 0.15) is 12.8 Å². The number of pyridine rings is 1. The quantitative estimate of drug-likeness (QED) is 0.700. The molecule has 26 heavy (non-hydrogen) atoms. The third-order valence-corrected chi connectivity index (χ3v) is 5.26. The van der Waals surface area contributed by atoms with Crippen LogP contribution in [0.2, 0.25) is 5.02 Å². The average molecular weight is 368 g/mol. The van der Waals surface area contributed by atoms with Gasteiger partial charge < -0.3 is 15.4 Å². The van der Waals surface area contributed by atoms with Gasteiger partial charge in [-0.1, -0.05) is 35.9 Å². The van der Waals surface area contributed by atoms with Gasteiger partial charge in [-0.15, -0.1) is 0 Å². The van der Waals surface area contributed by atoms with Gasteiger partial charge in [0.15, 0.2) is 0 Å². The lowest BCUT2D eigenvalue weighted by Crippen LogP contribution is -2.35. The Kier molecular flexibility index (Phi) is 4.96. The molecule has 0 atom stereocenters. The topological polar surface area (TPSA) is 46.2 Å². The third-order valence-electron chi connectivity index (χ3n) is 4.94. The Hall–Kier alpha value is -2.30. The number of nitrogens with zero attached hydrogens (tertiary/aromatic N) is 1. The molecule has 0 aliphatic carbocycles. The van der Waals surface area contributed by atoms with Crippen LogP contribution in [0.25, 0.3) is 21.9 Å². The lowest BCUT2D eigenvalue weighted by atomic mass is 9.99. The minimum absolute atomic E-state index is 0.426. The number of halogens is 1. The average Bonchev–Trinajstić information content (AvgIpc) is 2.69. The van der Waals surface area contributed by atoms with Crippen LogP contribution in [0.4, 0.5) is 5.82 Å². The first-order valence-corrected chi connectivity index (χ1v) is 9.33. The van der Waals surface area contributed by atoms with Crippen LogP contribution in [0.5, 0.6) is 5.75 Å². The van der Waals surface area contributed by atoms with Crippen LogP contribution < -0.4 is 15.4 Å². The molecule has 0 radical (unpaired) electrons. The van der Waals surface area contributed by atoms with Crippen LogP contribution in [0, 0.1) is 0 Å². The summed E-state index contributed by atoms with van der Waals surface area (Å²) >= 11 is 6.57. The number of rotatable bonds is 4. The monoisotopic (exact) mass is 367 g/mol. The number of hydrogen-bond donors (Lipinski definition) is 2. The van der Waals surface area contributed by atoms with Crippen LogP contribution in [0.3, 0.4) is 0 Å². The minimum Gasteiger partial charge on any atom is -0.497 e. The summed E-state index contributed by atoms with van der Waals surface area (Å²) in [6.07, 6.45) is 4.12. The molecule has 4 rings (SSSR count). The maximum atomic E-state index is 6.57. The Morgan fingerprint density at radius 3 is 2.62 bits per heavy atom. The third kappa shape index (κ3) is 3.35. The van der Waals surface area contributed by atoms with E-state index in [4.69, 9.17) is 21.3 Å². The van der Waals surface area contributed by atoms with Gasteiger partial charge in [0.2, 0.25) is 0 Å². The van der Waals surface area contributed by atoms with E-state index >= 15 is 0 Å². The van der Waals surface area contributed by atoms with Crippen molar-refractivity contribution in [2.75, 3.05) is 25.5 Å². The molecule has 1 saturated heterocycles. The van der Waals surface area contributed by atoms with E-state index in [1.165, 1.54) is 0 Å². The Morgan fingerprint density at radius 1 is 1.12 bits per heavy atom. The van der Waals surface area contributed by atoms with Gasteiger partial charge in [-0.3, -0.25) is 0 Å². The van der Waals surface area contributed by atoms with Gasteiger partial charge in [0, 0.05) is 23.2 Å². The Morgan fingerprint density at radius 2 is 1.88 bits per heavy atom. The van der Waals surface area contributed by atoms with Gasteiger partial charge in [-0.25, -0.2) is 4.98 Å². The van der Waals surface area contributed by atoms with Crippen molar-refractivity contribution in [1.82, 2.24) is 10.3 Å². The predicted molar refractivity (Wildman–Crippen MR) is 108 cm³/mol. The van der Waals surface area contributed by atoms with Gasteiger partial charge in [0.05, 0.1) is 12.1 Å². The first-order valence-electron chi connectivity index (χ1n) is 8.95. The predicted octanol–water partition coefficient (Wildman–Crippen LogP) is 4.73. The van der Waals surface area contributed by atoms with Gasteiger partial charge in [-0.05, 0) is 55.1 Å². The maximum absolute atomic E-state index is 6.57. The molecule has 0 saturated carbocycles. The highest BCUT2D eigenvalue weighted by Crippen LogP contribution is 2.36. The molecule has 0 spiro atoms. The van der Waals surface area contributed by atoms with Gasteiger partial charge >= 0.3 is 0 Å². The van der Waals surface area contributed by atoms with Crippen LogP contribution >= 0.6 is 11.6 Å². The summed E-state index contributed by atoms with van der Waals surface area (Å²) in [5.41, 5.74) is 2.17. The number of aromatic nitrogens is 1. The molecule has 0 amide bonds. The molecule has 2 aromatic carbocycles. The Labute approximate surface area is 158 Å². The number of benzene rings is 2. The van der Waals surface area contributed by atoms with E-state index in [1.807, 2.05) is 30.5 Å². The normalized spacial score (nSPS) is 15.2. The summed E-state index contributed by atoms with van der Waals surface area (Å²) in [4.78, 5) is 4.73. The lowest BCUT2D eigenvalue weighted by molar-refractivity contribution is 0.415. The summed E-state index contributed by atoms with van der Waals surface area (Å²) in [6, 6.07) is 14.5. The van der Waals surface area contributed by atoms with Crippen LogP contribution in [0.15, 0.2) is 48.7 Å². The zero-order valence-electron chi connectivity index (χ0n) is 14.8. The molecular formula is C21H22ClN3O. The molecule has 2 N–H and O–H groups in total. The summed E-state index contributed by atoms with van der Waals surface area (Å²) < 4.78 is 5.26. The summed E-state index contributed by atoms with van der Waals surface area (Å²) in [6.45, 7) is 2.07. The fraction of sp³-hybridized carbons (Fsp3) is 0.286. The molecule has 134 valence electrons. The first-order chi connectivity index (χ1) is 12.8. The molecule has 5 heteroatoms. The van der Waals surface area contributed by atoms with Crippen molar-refractivity contribution in [3.05, 3.63) is 53.7 Å². The van der Waals surface area contributed by atoms with E-state index in [0.717, 1.165) is 64.4 Å². The van der Waals surface area contributed by atoms with Crippen molar-refractivity contribution < 1.29 is 4.74 Å². The smallest absolute Gasteiger partial charge is 0.135 e. The highest BCUT2D eigenvalue weighted by Gasteiger charge is 2.17. The minimum atomic E-state index is 0.426. The largest absolute Gasteiger partial charge is 0.497 e. The second-order valence-corrected chi connectivity index (χ2v) is 6.99. The number of hydrogen-bond acceptors (Lipinski definition) is 4. The second kappa shape index (κ2) is 7.52. The molecule has 1 aliphatic heterocycles. The molecule has 0 bridgehead atoms. The van der Waals surface area contributed by atoms with Gasteiger partial charge in [0.1, 0.15) is 11.6 Å². The van der Waals surface area contributed by atoms with E-state index in [-0.39, 0.29) is 0 Å². The number of methoxy groups -OCH3 is 1. The van der Waals surface area contributed by atoms with E-state index in [2.05, 4.69) is 28.8 Å². The lowest BCUT2D eigenvalue weighted by Gasteiger charge is -2.25. The highest BCUT2D eigenvalue weighted by molar-refractivity contribution is 6.37. The first kappa shape index (κ1) is 17.1. The number of piperidine rings is 1. The summed E-state index contributed by atoms with van der Waals surface area (Å²) in [5, 5.41) is 9.81. The van der Waals surface area contributed by atoms with Crippen LogP contribution in [-0.2, 0) is 0 Å². The molecular weight excluding hydrogens is 346 g/mol. The van der Waals surface area contributed by atoms with E-state index in [0.29, 0.717) is 6.04 Å². The molecule has 1 fully saturated rings. The highest BCUT2D eigenvalue weighted by atomic mass is 35.5. The zero-order chi connectivity index (χ0) is 17.9. The zero-order valence-corrected chi connectivity index (χ0v) is 15.5. The molecule has 1 aliphatic rings. The SMILES string of the molecule is COc1ccc(-c2cnc(NC3CCNCC3)c3c(Cl)cccc23)cc1. The molecule has 2 heterocycles. The fourth-order valence-corrected chi connectivity index (χ4v) is 3.79. The van der Waals surface area contributed by atoms with Gasteiger partial charge in [-0.2, -0.15) is 0 Å². The Bertz CT molecular complexity index is 905. The van der Waals surface area contributed by atoms with E-state index < -0.39 is 0 Å². The molecule has 4 nitrogen and oxygen atoms in total. The standard InChI is InChI=1S/C21H22ClN3O/c1-26-16-7-5-14(6-8-16)18-13-24-21(25-15-9-11-23-12-10-15)20-17(18)3-2-4-19(20)22/h2-8,13,15,23H,9-12H2,1H3,(H,24,25). The van der Waals surface area contributed by atoms with Crippen molar-refractivity contribution in [3.8, 4) is 16.9 Å². The van der Waals surface area contributed by atoms with Gasteiger partial charge in [0.25, 0.3) is 0 Å². The number of anilines is 1. The van der Waals surface area contributed by atoms with Crippen LogP contribution in [-0.4, -0.2) is 31.2 Å². The Balaban J connectivity index is 1.78. The maximum Gasteiger partial charge on any atom is 0.135 e. The van der Waals surface area contributed by atoms with Crippen molar-refractivity contribution >= 4 is 28.2 Å².